The first-order chi connectivity index (χ1) is 13.3. The normalized spacial score (nSPS) is 20.9. The Morgan fingerprint density at radius 3 is 2.50 bits per heavy atom. The number of carbonyl (C=O) groups is 1. The van der Waals surface area contributed by atoms with Crippen LogP contribution in [-0.4, -0.2) is 44.5 Å². The highest BCUT2D eigenvalue weighted by atomic mass is 32.2. The van der Waals surface area contributed by atoms with Crippen LogP contribution in [0.4, 0.5) is 13.2 Å². The molecular weight excluding hydrogens is 389 g/mol. The summed E-state index contributed by atoms with van der Waals surface area (Å²) in [5.41, 5.74) is -0.800. The molecule has 0 aromatic heterocycles. The fourth-order valence-corrected chi connectivity index (χ4v) is 4.88. The summed E-state index contributed by atoms with van der Waals surface area (Å²) in [7, 11) is -1.69. The van der Waals surface area contributed by atoms with E-state index in [0.29, 0.717) is 13.1 Å². The van der Waals surface area contributed by atoms with Gasteiger partial charge < -0.3 is 4.90 Å². The van der Waals surface area contributed by atoms with E-state index < -0.39 is 22.7 Å². The van der Waals surface area contributed by atoms with E-state index in [-0.39, 0.29) is 22.9 Å². The van der Waals surface area contributed by atoms with Gasteiger partial charge in [0, 0.05) is 25.2 Å². The lowest BCUT2D eigenvalue weighted by atomic mass is 10.1. The summed E-state index contributed by atoms with van der Waals surface area (Å²) in [5.74, 6) is -0.171. The Labute approximate surface area is 167 Å². The molecule has 2 fully saturated rings. The van der Waals surface area contributed by atoms with Crippen LogP contribution in [0.25, 0.3) is 0 Å². The predicted molar refractivity (Wildman–Crippen MR) is 104 cm³/mol. The maximum atomic E-state index is 13.1. The van der Waals surface area contributed by atoms with Gasteiger partial charge in [0.25, 0.3) is 0 Å². The van der Waals surface area contributed by atoms with Crippen LogP contribution in [0.1, 0.15) is 45.1 Å². The van der Waals surface area contributed by atoms with E-state index in [1.165, 1.54) is 18.2 Å². The zero-order chi connectivity index (χ0) is 20.9. The van der Waals surface area contributed by atoms with Gasteiger partial charge in [-0.05, 0) is 50.0 Å². The zero-order valence-electron chi connectivity index (χ0n) is 16.2. The van der Waals surface area contributed by atoms with Crippen LogP contribution in [-0.2, 0) is 22.0 Å². The monoisotopic (exact) mass is 416 g/mol. The van der Waals surface area contributed by atoms with Gasteiger partial charge in [-0.1, -0.05) is 26.5 Å². The van der Waals surface area contributed by atoms with Crippen molar-refractivity contribution in [1.82, 2.24) is 9.21 Å². The standard InChI is InChI=1S/C18H21F3N2O2S.C2H6/c1-2-17(24)22-10-4-6-15(12-22)23(14-8-9-14)26(25)16-7-3-5-13(11-16)18(19,20)21;1-2/h2-3,5,7,11,14-15H,1,4,6,8-10,12H2;1-2H3. The van der Waals surface area contributed by atoms with Crippen molar-refractivity contribution in [1.29, 1.82) is 0 Å². The molecule has 1 saturated heterocycles. The van der Waals surface area contributed by atoms with Crippen molar-refractivity contribution in [2.75, 3.05) is 13.1 Å². The van der Waals surface area contributed by atoms with Crippen molar-refractivity contribution in [3.05, 3.63) is 42.5 Å². The molecule has 1 aliphatic carbocycles. The Hall–Kier alpha value is -1.67. The number of nitrogens with zero attached hydrogens (tertiary/aromatic N) is 2. The third kappa shape index (κ3) is 5.44. The molecule has 0 radical (unpaired) electrons. The number of halogens is 3. The van der Waals surface area contributed by atoms with Gasteiger partial charge in [-0.2, -0.15) is 13.2 Å². The molecule has 2 aliphatic rings. The number of likely N-dealkylation sites (tertiary alicyclic amines) is 1. The first-order valence-electron chi connectivity index (χ1n) is 9.60. The molecule has 1 aromatic rings. The van der Waals surface area contributed by atoms with Crippen LogP contribution in [0, 0.1) is 0 Å². The second-order valence-electron chi connectivity index (χ2n) is 6.65. The Kier molecular flexibility index (Phi) is 7.83. The van der Waals surface area contributed by atoms with Crippen LogP contribution < -0.4 is 0 Å². The van der Waals surface area contributed by atoms with Gasteiger partial charge in [0.1, 0.15) is 11.0 Å². The third-order valence-electron chi connectivity index (χ3n) is 4.70. The van der Waals surface area contributed by atoms with Crippen LogP contribution in [0.15, 0.2) is 41.8 Å². The molecule has 156 valence electrons. The molecule has 0 bridgehead atoms. The van der Waals surface area contributed by atoms with Gasteiger partial charge in [0.05, 0.1) is 10.5 Å². The van der Waals surface area contributed by atoms with Crippen molar-refractivity contribution in [3.8, 4) is 0 Å². The minimum atomic E-state index is -4.47. The zero-order valence-corrected chi connectivity index (χ0v) is 17.1. The van der Waals surface area contributed by atoms with E-state index in [1.807, 2.05) is 13.8 Å². The Bertz CT molecular complexity index is 720. The average molecular weight is 417 g/mol. The average Bonchev–Trinajstić information content (AvgIpc) is 3.53. The molecule has 8 heteroatoms. The third-order valence-corrected chi connectivity index (χ3v) is 6.34. The smallest absolute Gasteiger partial charge is 0.338 e. The number of amides is 1. The van der Waals surface area contributed by atoms with Gasteiger partial charge in [0.2, 0.25) is 5.91 Å². The van der Waals surface area contributed by atoms with E-state index in [2.05, 4.69) is 6.58 Å². The highest BCUT2D eigenvalue weighted by Crippen LogP contribution is 2.36. The lowest BCUT2D eigenvalue weighted by molar-refractivity contribution is -0.137. The summed E-state index contributed by atoms with van der Waals surface area (Å²) in [5, 5.41) is 0. The summed E-state index contributed by atoms with van der Waals surface area (Å²) in [6.45, 7) is 8.54. The molecule has 2 unspecified atom stereocenters. The molecular formula is C20H27F3N2O2S. The first kappa shape index (κ1) is 22.6. The molecule has 1 saturated carbocycles. The second kappa shape index (κ2) is 9.69. The summed E-state index contributed by atoms with van der Waals surface area (Å²) in [4.78, 5) is 13.7. The number of piperidine rings is 1. The van der Waals surface area contributed by atoms with E-state index >= 15 is 0 Å². The second-order valence-corrected chi connectivity index (χ2v) is 8.04. The van der Waals surface area contributed by atoms with Crippen LogP contribution >= 0.6 is 0 Å². The summed E-state index contributed by atoms with van der Waals surface area (Å²) >= 11 is 0. The minimum absolute atomic E-state index is 0.0918. The van der Waals surface area contributed by atoms with Crippen LogP contribution in [0.5, 0.6) is 0 Å². The van der Waals surface area contributed by atoms with Crippen molar-refractivity contribution in [2.45, 2.75) is 62.7 Å². The van der Waals surface area contributed by atoms with E-state index in [9.17, 15) is 22.2 Å². The maximum absolute atomic E-state index is 13.1. The van der Waals surface area contributed by atoms with Gasteiger partial charge in [-0.3, -0.25) is 4.79 Å². The van der Waals surface area contributed by atoms with Gasteiger partial charge >= 0.3 is 6.18 Å². The molecule has 0 N–H and O–H groups in total. The van der Waals surface area contributed by atoms with Crippen molar-refractivity contribution in [2.24, 2.45) is 0 Å². The number of hydrogen-bond donors (Lipinski definition) is 0. The Balaban J connectivity index is 0.00000136. The Morgan fingerprint density at radius 1 is 1.25 bits per heavy atom. The maximum Gasteiger partial charge on any atom is 0.416 e. The van der Waals surface area contributed by atoms with Gasteiger partial charge in [0.15, 0.2) is 0 Å². The number of hydrogen-bond acceptors (Lipinski definition) is 2. The SMILES string of the molecule is C=CC(=O)N1CCCC(N(C2CC2)S(=O)c2cccc(C(F)(F)F)c2)C1.CC. The van der Waals surface area contributed by atoms with Crippen molar-refractivity contribution >= 4 is 16.9 Å². The summed E-state index contributed by atoms with van der Waals surface area (Å²) in [6.07, 6.45) is 0.0683. The van der Waals surface area contributed by atoms with E-state index in [0.717, 1.165) is 37.8 Å². The first-order valence-corrected chi connectivity index (χ1v) is 10.7. The molecule has 1 aromatic carbocycles. The molecule has 1 amide bonds. The fourth-order valence-electron chi connectivity index (χ4n) is 3.29. The van der Waals surface area contributed by atoms with Gasteiger partial charge in [-0.15, -0.1) is 0 Å². The number of benzene rings is 1. The molecule has 0 spiro atoms. The summed E-state index contributed by atoms with van der Waals surface area (Å²) < 4.78 is 53.8. The number of rotatable bonds is 5. The topological polar surface area (TPSA) is 40.6 Å². The molecule has 4 nitrogen and oxygen atoms in total. The Morgan fingerprint density at radius 2 is 1.93 bits per heavy atom. The van der Waals surface area contributed by atoms with Crippen molar-refractivity contribution < 1.29 is 22.2 Å². The predicted octanol–water partition coefficient (Wildman–Crippen LogP) is 4.40. The number of alkyl halides is 3. The van der Waals surface area contributed by atoms with Gasteiger partial charge in [-0.25, -0.2) is 8.51 Å². The largest absolute Gasteiger partial charge is 0.416 e. The molecule has 1 heterocycles. The minimum Gasteiger partial charge on any atom is -0.338 e. The fraction of sp³-hybridized carbons (Fsp3) is 0.550. The van der Waals surface area contributed by atoms with Crippen molar-refractivity contribution in [3.63, 3.8) is 0 Å². The molecule has 3 rings (SSSR count). The highest BCUT2D eigenvalue weighted by molar-refractivity contribution is 7.82. The lowest BCUT2D eigenvalue weighted by Crippen LogP contribution is -2.50. The van der Waals surface area contributed by atoms with Crippen LogP contribution in [0.2, 0.25) is 0 Å². The van der Waals surface area contributed by atoms with E-state index in [1.54, 1.807) is 9.21 Å². The lowest BCUT2D eigenvalue weighted by Gasteiger charge is -2.38. The molecule has 28 heavy (non-hydrogen) atoms. The quantitative estimate of drug-likeness (QED) is 0.668. The number of carbonyl (C=O) groups excluding carboxylic acids is 1. The molecule has 2 atom stereocenters. The van der Waals surface area contributed by atoms with E-state index in [4.69, 9.17) is 0 Å². The van der Waals surface area contributed by atoms with Crippen LogP contribution in [0.3, 0.4) is 0 Å². The summed E-state index contributed by atoms with van der Waals surface area (Å²) in [6, 6.07) is 4.66. The highest BCUT2D eigenvalue weighted by Gasteiger charge is 2.41. The molecule has 1 aliphatic heterocycles.